The smallest absolute Gasteiger partial charge is 0.0732 e. The summed E-state index contributed by atoms with van der Waals surface area (Å²) in [5, 5.41) is 3.56. The molecule has 0 bridgehead atoms. The molecule has 114 valence electrons. The van der Waals surface area contributed by atoms with E-state index in [0.29, 0.717) is 5.92 Å². The molecular weight excluding hydrogens is 262 g/mol. The molecule has 0 radical (unpaired) electrons. The van der Waals surface area contributed by atoms with Crippen LogP contribution in [0.2, 0.25) is 0 Å². The molecule has 3 aliphatic heterocycles. The van der Waals surface area contributed by atoms with Crippen LogP contribution >= 0.6 is 0 Å². The van der Waals surface area contributed by atoms with E-state index in [1.54, 1.807) is 0 Å². The molecule has 3 nitrogen and oxygen atoms in total. The molecule has 1 aromatic carbocycles. The molecule has 3 heteroatoms. The van der Waals surface area contributed by atoms with Crippen LogP contribution in [0.5, 0.6) is 0 Å². The first-order chi connectivity index (χ1) is 10.3. The van der Waals surface area contributed by atoms with Crippen molar-refractivity contribution in [3.63, 3.8) is 0 Å². The van der Waals surface area contributed by atoms with Crippen LogP contribution in [0.1, 0.15) is 49.1 Å². The minimum Gasteiger partial charge on any atom is -0.385 e. The summed E-state index contributed by atoms with van der Waals surface area (Å²) < 4.78 is 11.7. The highest BCUT2D eigenvalue weighted by Crippen LogP contribution is 2.42. The molecule has 0 saturated carbocycles. The highest BCUT2D eigenvalue weighted by molar-refractivity contribution is 5.55. The van der Waals surface area contributed by atoms with Crippen molar-refractivity contribution in [2.24, 2.45) is 0 Å². The molecule has 2 fully saturated rings. The highest BCUT2D eigenvalue weighted by Gasteiger charge is 2.39. The van der Waals surface area contributed by atoms with Gasteiger partial charge < -0.3 is 14.8 Å². The van der Waals surface area contributed by atoms with Crippen molar-refractivity contribution < 1.29 is 9.47 Å². The van der Waals surface area contributed by atoms with Gasteiger partial charge in [-0.2, -0.15) is 0 Å². The number of rotatable bonds is 1. The normalized spacial score (nSPS) is 27.9. The van der Waals surface area contributed by atoms with Crippen LogP contribution in [0.15, 0.2) is 18.2 Å². The van der Waals surface area contributed by atoms with Crippen molar-refractivity contribution in [2.45, 2.75) is 50.0 Å². The third-order valence-corrected chi connectivity index (χ3v) is 5.44. The van der Waals surface area contributed by atoms with Gasteiger partial charge in [-0.3, -0.25) is 0 Å². The molecule has 0 aliphatic carbocycles. The zero-order valence-corrected chi connectivity index (χ0v) is 12.7. The molecule has 1 atom stereocenters. The summed E-state index contributed by atoms with van der Waals surface area (Å²) in [5.74, 6) is 0.644. The molecule has 3 heterocycles. The Morgan fingerprint density at radius 2 is 2.05 bits per heavy atom. The van der Waals surface area contributed by atoms with Gasteiger partial charge in [0.2, 0.25) is 0 Å². The van der Waals surface area contributed by atoms with E-state index < -0.39 is 0 Å². The first-order valence-corrected chi connectivity index (χ1v) is 8.43. The molecule has 21 heavy (non-hydrogen) atoms. The number of anilines is 1. The summed E-state index contributed by atoms with van der Waals surface area (Å²) in [6, 6.07) is 7.09. The van der Waals surface area contributed by atoms with Crippen LogP contribution in [0.3, 0.4) is 0 Å². The molecule has 4 rings (SSSR count). The van der Waals surface area contributed by atoms with E-state index in [-0.39, 0.29) is 5.60 Å². The van der Waals surface area contributed by atoms with Gasteiger partial charge in [-0.25, -0.2) is 0 Å². The fourth-order valence-electron chi connectivity index (χ4n) is 4.14. The third-order valence-electron chi connectivity index (χ3n) is 5.44. The second-order valence-corrected chi connectivity index (χ2v) is 6.78. The molecule has 0 amide bonds. The zero-order valence-electron chi connectivity index (χ0n) is 12.7. The number of fused-ring (bicyclic) bond motifs is 1. The maximum atomic E-state index is 6.18. The largest absolute Gasteiger partial charge is 0.385 e. The first-order valence-electron chi connectivity index (χ1n) is 8.43. The fourth-order valence-corrected chi connectivity index (χ4v) is 4.14. The van der Waals surface area contributed by atoms with Gasteiger partial charge in [0.25, 0.3) is 0 Å². The summed E-state index contributed by atoms with van der Waals surface area (Å²) >= 11 is 0. The summed E-state index contributed by atoms with van der Waals surface area (Å²) in [4.78, 5) is 0. The van der Waals surface area contributed by atoms with Gasteiger partial charge in [0.15, 0.2) is 0 Å². The number of hydrogen-bond acceptors (Lipinski definition) is 3. The Morgan fingerprint density at radius 1 is 1.14 bits per heavy atom. The van der Waals surface area contributed by atoms with Crippen molar-refractivity contribution >= 4 is 5.69 Å². The van der Waals surface area contributed by atoms with Crippen LogP contribution in [-0.2, 0) is 15.9 Å². The lowest BCUT2D eigenvalue weighted by molar-refractivity contribution is -0.138. The average molecular weight is 287 g/mol. The van der Waals surface area contributed by atoms with Crippen molar-refractivity contribution in [2.75, 3.05) is 31.7 Å². The lowest BCUT2D eigenvalue weighted by Crippen LogP contribution is -2.43. The maximum absolute atomic E-state index is 6.18. The molecule has 1 N–H and O–H groups in total. The highest BCUT2D eigenvalue weighted by atomic mass is 16.5. The topological polar surface area (TPSA) is 30.5 Å². The Bertz CT molecular complexity index is 502. The molecule has 0 aromatic heterocycles. The van der Waals surface area contributed by atoms with Crippen LogP contribution < -0.4 is 5.32 Å². The number of aryl methyl sites for hydroxylation is 1. The van der Waals surface area contributed by atoms with Gasteiger partial charge in [0, 0.05) is 32.1 Å². The van der Waals surface area contributed by atoms with Gasteiger partial charge in [-0.15, -0.1) is 0 Å². The maximum Gasteiger partial charge on any atom is 0.0732 e. The quantitative estimate of drug-likeness (QED) is 0.857. The summed E-state index contributed by atoms with van der Waals surface area (Å²) in [6.07, 6.45) is 6.92. The Hall–Kier alpha value is -1.06. The van der Waals surface area contributed by atoms with Crippen molar-refractivity contribution in [1.29, 1.82) is 0 Å². The zero-order chi connectivity index (χ0) is 14.1. The summed E-state index contributed by atoms with van der Waals surface area (Å²) in [7, 11) is 0. The van der Waals surface area contributed by atoms with Gasteiger partial charge in [0.1, 0.15) is 0 Å². The van der Waals surface area contributed by atoms with E-state index in [1.165, 1.54) is 29.7 Å². The number of ether oxygens (including phenoxy) is 2. The predicted octanol–water partition coefficient (Wildman–Crippen LogP) is 3.49. The van der Waals surface area contributed by atoms with Crippen LogP contribution in [0.4, 0.5) is 5.69 Å². The van der Waals surface area contributed by atoms with E-state index in [1.807, 2.05) is 0 Å². The van der Waals surface area contributed by atoms with Crippen molar-refractivity contribution in [3.05, 3.63) is 29.3 Å². The summed E-state index contributed by atoms with van der Waals surface area (Å²) in [5.41, 5.74) is 4.44. The number of benzene rings is 1. The second kappa shape index (κ2) is 5.62. The minimum atomic E-state index is 0.0878. The van der Waals surface area contributed by atoms with Gasteiger partial charge in [-0.05, 0) is 61.6 Å². The van der Waals surface area contributed by atoms with Crippen LogP contribution in [0, 0.1) is 0 Å². The summed E-state index contributed by atoms with van der Waals surface area (Å²) in [6.45, 7) is 3.73. The van der Waals surface area contributed by atoms with Crippen LogP contribution in [-0.4, -0.2) is 32.0 Å². The molecule has 1 aromatic rings. The van der Waals surface area contributed by atoms with Crippen molar-refractivity contribution in [3.8, 4) is 0 Å². The number of hydrogen-bond donors (Lipinski definition) is 1. The van der Waals surface area contributed by atoms with Gasteiger partial charge >= 0.3 is 0 Å². The second-order valence-electron chi connectivity index (χ2n) is 6.78. The van der Waals surface area contributed by atoms with E-state index in [4.69, 9.17) is 9.47 Å². The Morgan fingerprint density at radius 3 is 2.95 bits per heavy atom. The van der Waals surface area contributed by atoms with Crippen LogP contribution in [0.25, 0.3) is 0 Å². The number of nitrogens with one attached hydrogen (secondary N) is 1. The molecule has 2 saturated heterocycles. The Balaban J connectivity index is 1.55. The standard InChI is InChI=1S/C18H25NO2/c1-2-14-3-4-15(12-17(14)19-8-1)16-5-9-21-18(13-16)6-10-20-11-7-18/h3-4,12,16,19H,1-2,5-11,13H2. The lowest BCUT2D eigenvalue weighted by atomic mass is 9.77. The van der Waals surface area contributed by atoms with Crippen molar-refractivity contribution in [1.82, 2.24) is 0 Å². The van der Waals surface area contributed by atoms with E-state index in [2.05, 4.69) is 23.5 Å². The fraction of sp³-hybridized carbons (Fsp3) is 0.667. The molecular formula is C18H25NO2. The SMILES string of the molecule is c1cc2c(cc1C1CCOC3(CCOCC3)C1)NCCC2. The average Bonchev–Trinajstić information content (AvgIpc) is 2.55. The Kier molecular flexibility index (Phi) is 3.64. The van der Waals surface area contributed by atoms with Gasteiger partial charge in [0.05, 0.1) is 5.60 Å². The molecule has 1 spiro atoms. The first kappa shape index (κ1) is 13.6. The van der Waals surface area contributed by atoms with E-state index >= 15 is 0 Å². The predicted molar refractivity (Wildman–Crippen MR) is 84.0 cm³/mol. The lowest BCUT2D eigenvalue weighted by Gasteiger charge is -2.43. The van der Waals surface area contributed by atoms with E-state index in [0.717, 1.165) is 52.0 Å². The molecule has 1 unspecified atom stereocenters. The minimum absolute atomic E-state index is 0.0878. The molecule has 3 aliphatic rings. The monoisotopic (exact) mass is 287 g/mol. The van der Waals surface area contributed by atoms with Gasteiger partial charge in [-0.1, -0.05) is 12.1 Å². The third kappa shape index (κ3) is 2.69. The Labute approximate surface area is 127 Å². The van der Waals surface area contributed by atoms with E-state index in [9.17, 15) is 0 Å².